The van der Waals surface area contributed by atoms with E-state index in [9.17, 15) is 0 Å². The third kappa shape index (κ3) is 3.51. The van der Waals surface area contributed by atoms with Crippen molar-refractivity contribution in [1.82, 2.24) is 0 Å². The van der Waals surface area contributed by atoms with Crippen LogP contribution in [-0.4, -0.2) is 4.83 Å². The number of rotatable bonds is 4. The Bertz CT molecular complexity index is 255. The van der Waals surface area contributed by atoms with Gasteiger partial charge in [-0.3, -0.25) is 0 Å². The van der Waals surface area contributed by atoms with Gasteiger partial charge in [0.25, 0.3) is 0 Å². The highest BCUT2D eigenvalue weighted by atomic mass is 79.9. The van der Waals surface area contributed by atoms with E-state index in [2.05, 4.69) is 54.0 Å². The minimum Gasteiger partial charge on any atom is -0.0891 e. The number of hydrogen-bond acceptors (Lipinski definition) is 0. The molecule has 0 amide bonds. The second kappa shape index (κ2) is 5.43. The van der Waals surface area contributed by atoms with Gasteiger partial charge in [0.05, 0.1) is 0 Å². The topological polar surface area (TPSA) is 0 Å². The van der Waals surface area contributed by atoms with Crippen LogP contribution in [0.3, 0.4) is 0 Å². The normalized spacial score (nSPS) is 12.8. The van der Waals surface area contributed by atoms with Crippen LogP contribution in [0.2, 0.25) is 0 Å². The van der Waals surface area contributed by atoms with Gasteiger partial charge >= 0.3 is 0 Å². The fraction of sp³-hybridized carbons (Fsp3) is 0.500. The first kappa shape index (κ1) is 10.8. The van der Waals surface area contributed by atoms with E-state index in [4.69, 9.17) is 0 Å². The van der Waals surface area contributed by atoms with Gasteiger partial charge in [-0.05, 0) is 37.3 Å². The van der Waals surface area contributed by atoms with Crippen molar-refractivity contribution in [2.75, 3.05) is 0 Å². The Balaban J connectivity index is 2.50. The Morgan fingerprint density at radius 3 is 2.62 bits per heavy atom. The summed E-state index contributed by atoms with van der Waals surface area (Å²) in [7, 11) is 0. The molecule has 0 fully saturated rings. The minimum atomic E-state index is 0.673. The molecule has 0 spiro atoms. The summed E-state index contributed by atoms with van der Waals surface area (Å²) >= 11 is 3.66. The fourth-order valence-electron chi connectivity index (χ4n) is 1.41. The lowest BCUT2D eigenvalue weighted by Crippen LogP contribution is -1.99. The molecule has 0 saturated heterocycles. The van der Waals surface area contributed by atoms with E-state index in [1.165, 1.54) is 30.4 Å². The molecule has 1 aromatic rings. The third-order valence-corrected chi connectivity index (χ3v) is 3.54. The summed E-state index contributed by atoms with van der Waals surface area (Å²) in [5.41, 5.74) is 2.90. The predicted octanol–water partition coefficient (Wildman–Crippen LogP) is 4.10. The van der Waals surface area contributed by atoms with Gasteiger partial charge in [0.2, 0.25) is 0 Å². The quantitative estimate of drug-likeness (QED) is 0.696. The Hall–Kier alpha value is -0.300. The summed E-state index contributed by atoms with van der Waals surface area (Å²) in [5.74, 6) is 0. The van der Waals surface area contributed by atoms with Gasteiger partial charge in [-0.2, -0.15) is 0 Å². The van der Waals surface area contributed by atoms with Crippen molar-refractivity contribution in [2.45, 2.75) is 37.9 Å². The molecule has 1 atom stereocenters. The number of benzene rings is 1. The standard InChI is InChI=1S/C12H17Br/c1-3-12(13)9-8-11-7-5-4-6-10(11)2/h4-7,12H,3,8-9H2,1-2H3. The lowest BCUT2D eigenvalue weighted by atomic mass is 10.0. The second-order valence-electron chi connectivity index (χ2n) is 3.47. The summed E-state index contributed by atoms with van der Waals surface area (Å²) in [5, 5.41) is 0. The van der Waals surface area contributed by atoms with E-state index < -0.39 is 0 Å². The highest BCUT2D eigenvalue weighted by Gasteiger charge is 2.02. The largest absolute Gasteiger partial charge is 0.0891 e. The molecule has 0 aliphatic carbocycles. The van der Waals surface area contributed by atoms with Gasteiger partial charge in [0.1, 0.15) is 0 Å². The van der Waals surface area contributed by atoms with Crippen LogP contribution in [0.1, 0.15) is 30.9 Å². The zero-order valence-electron chi connectivity index (χ0n) is 8.39. The average Bonchev–Trinajstić information content (AvgIpc) is 2.16. The van der Waals surface area contributed by atoms with Crippen molar-refractivity contribution in [3.8, 4) is 0 Å². The molecule has 0 N–H and O–H groups in total. The molecule has 0 aromatic heterocycles. The summed E-state index contributed by atoms with van der Waals surface area (Å²) in [6.45, 7) is 4.40. The Labute approximate surface area is 89.5 Å². The van der Waals surface area contributed by atoms with Crippen LogP contribution < -0.4 is 0 Å². The summed E-state index contributed by atoms with van der Waals surface area (Å²) in [4.78, 5) is 0.673. The van der Waals surface area contributed by atoms with Gasteiger partial charge in [-0.25, -0.2) is 0 Å². The highest BCUT2D eigenvalue weighted by molar-refractivity contribution is 9.09. The van der Waals surface area contributed by atoms with Crippen LogP contribution >= 0.6 is 15.9 Å². The number of hydrogen-bond donors (Lipinski definition) is 0. The smallest absolute Gasteiger partial charge is 0.0146 e. The third-order valence-electron chi connectivity index (χ3n) is 2.43. The molecule has 1 heteroatoms. The molecule has 0 aliphatic rings. The second-order valence-corrected chi connectivity index (χ2v) is 4.77. The van der Waals surface area contributed by atoms with Crippen LogP contribution in [0.15, 0.2) is 24.3 Å². The lowest BCUT2D eigenvalue weighted by molar-refractivity contribution is 0.744. The molecule has 0 nitrogen and oxygen atoms in total. The Morgan fingerprint density at radius 2 is 2.00 bits per heavy atom. The average molecular weight is 241 g/mol. The SMILES string of the molecule is CCC(Br)CCc1ccccc1C. The molecule has 0 aliphatic heterocycles. The minimum absolute atomic E-state index is 0.673. The van der Waals surface area contributed by atoms with E-state index in [1.807, 2.05) is 0 Å². The molecule has 0 bridgehead atoms. The van der Waals surface area contributed by atoms with Gasteiger partial charge in [0.15, 0.2) is 0 Å². The predicted molar refractivity (Wildman–Crippen MR) is 62.5 cm³/mol. The van der Waals surface area contributed by atoms with E-state index in [-0.39, 0.29) is 0 Å². The molecule has 1 aromatic carbocycles. The highest BCUT2D eigenvalue weighted by Crippen LogP contribution is 2.15. The maximum atomic E-state index is 3.66. The molecule has 0 saturated carbocycles. The summed E-state index contributed by atoms with van der Waals surface area (Å²) in [6, 6.07) is 8.64. The van der Waals surface area contributed by atoms with E-state index in [0.29, 0.717) is 4.83 Å². The van der Waals surface area contributed by atoms with Gasteiger partial charge in [-0.15, -0.1) is 0 Å². The molecule has 0 heterocycles. The first-order valence-corrected chi connectivity index (χ1v) is 5.84. The molecule has 72 valence electrons. The molecular formula is C12H17Br. The van der Waals surface area contributed by atoms with Crippen LogP contribution in [0, 0.1) is 6.92 Å². The molecule has 1 rings (SSSR count). The van der Waals surface area contributed by atoms with Crippen molar-refractivity contribution in [2.24, 2.45) is 0 Å². The van der Waals surface area contributed by atoms with Crippen molar-refractivity contribution >= 4 is 15.9 Å². The number of aryl methyl sites for hydroxylation is 2. The van der Waals surface area contributed by atoms with Crippen molar-refractivity contribution < 1.29 is 0 Å². The van der Waals surface area contributed by atoms with Gasteiger partial charge in [-0.1, -0.05) is 47.1 Å². The fourth-order valence-corrected chi connectivity index (χ4v) is 1.64. The maximum Gasteiger partial charge on any atom is 0.0146 e. The number of halogens is 1. The Morgan fingerprint density at radius 1 is 1.31 bits per heavy atom. The lowest BCUT2D eigenvalue weighted by Gasteiger charge is -2.08. The van der Waals surface area contributed by atoms with Crippen molar-refractivity contribution in [1.29, 1.82) is 0 Å². The summed E-state index contributed by atoms with van der Waals surface area (Å²) in [6.07, 6.45) is 3.64. The Kier molecular flexibility index (Phi) is 4.51. The molecule has 1 unspecified atom stereocenters. The molecule has 0 radical (unpaired) electrons. The maximum absolute atomic E-state index is 3.66. The van der Waals surface area contributed by atoms with Crippen LogP contribution in [0.5, 0.6) is 0 Å². The molecule has 13 heavy (non-hydrogen) atoms. The summed E-state index contributed by atoms with van der Waals surface area (Å²) < 4.78 is 0. The van der Waals surface area contributed by atoms with Gasteiger partial charge < -0.3 is 0 Å². The van der Waals surface area contributed by atoms with Crippen LogP contribution in [0.25, 0.3) is 0 Å². The van der Waals surface area contributed by atoms with Gasteiger partial charge in [0, 0.05) is 4.83 Å². The van der Waals surface area contributed by atoms with Crippen LogP contribution in [0.4, 0.5) is 0 Å². The molecular weight excluding hydrogens is 224 g/mol. The zero-order chi connectivity index (χ0) is 9.68. The van der Waals surface area contributed by atoms with Crippen molar-refractivity contribution in [3.63, 3.8) is 0 Å². The number of alkyl halides is 1. The monoisotopic (exact) mass is 240 g/mol. The first-order chi connectivity index (χ1) is 6.24. The zero-order valence-corrected chi connectivity index (χ0v) is 9.97. The first-order valence-electron chi connectivity index (χ1n) is 4.92. The van der Waals surface area contributed by atoms with E-state index in [1.54, 1.807) is 0 Å². The van der Waals surface area contributed by atoms with Crippen molar-refractivity contribution in [3.05, 3.63) is 35.4 Å². The van der Waals surface area contributed by atoms with E-state index in [0.717, 1.165) is 0 Å². The van der Waals surface area contributed by atoms with Crippen LogP contribution in [-0.2, 0) is 6.42 Å². The van der Waals surface area contributed by atoms with E-state index >= 15 is 0 Å².